The Morgan fingerprint density at radius 1 is 0.970 bits per heavy atom. The third-order valence-corrected chi connectivity index (χ3v) is 5.48. The smallest absolute Gasteiger partial charge is 0.325 e. The van der Waals surface area contributed by atoms with Crippen molar-refractivity contribution in [2.45, 2.75) is 12.5 Å². The Balaban J connectivity index is 1.38. The molecular formula is C24H21FN4O4. The number of rotatable bonds is 6. The quantitative estimate of drug-likeness (QED) is 0.504. The number of hydrogen-bond donors (Lipinski definition) is 3. The van der Waals surface area contributed by atoms with Crippen LogP contribution < -0.4 is 16.0 Å². The highest BCUT2D eigenvalue weighted by Crippen LogP contribution is 2.30. The minimum atomic E-state index is -1.32. The summed E-state index contributed by atoms with van der Waals surface area (Å²) in [4.78, 5) is 50.7. The highest BCUT2D eigenvalue weighted by Gasteiger charge is 2.49. The van der Waals surface area contributed by atoms with Gasteiger partial charge in [0.05, 0.1) is 6.54 Å². The minimum absolute atomic E-state index is 0.371. The lowest BCUT2D eigenvalue weighted by molar-refractivity contribution is -0.135. The molecule has 168 valence electrons. The van der Waals surface area contributed by atoms with E-state index in [9.17, 15) is 23.6 Å². The van der Waals surface area contributed by atoms with Crippen molar-refractivity contribution in [3.05, 3.63) is 78.1 Å². The molecule has 0 saturated carbocycles. The highest BCUT2D eigenvalue weighted by atomic mass is 19.1. The van der Waals surface area contributed by atoms with Crippen molar-refractivity contribution < 1.29 is 23.6 Å². The molecule has 1 aliphatic heterocycles. The maximum atomic E-state index is 13.1. The summed E-state index contributed by atoms with van der Waals surface area (Å²) >= 11 is 0. The molecule has 0 bridgehead atoms. The Morgan fingerprint density at radius 3 is 2.39 bits per heavy atom. The number of carbonyl (C=O) groups excluding carboxylic acids is 4. The van der Waals surface area contributed by atoms with Crippen LogP contribution >= 0.6 is 0 Å². The van der Waals surface area contributed by atoms with Crippen LogP contribution in [0.3, 0.4) is 0 Å². The first kappa shape index (κ1) is 21.9. The van der Waals surface area contributed by atoms with Gasteiger partial charge in [-0.3, -0.25) is 19.3 Å². The van der Waals surface area contributed by atoms with Crippen molar-refractivity contribution in [1.82, 2.24) is 15.5 Å². The van der Waals surface area contributed by atoms with E-state index in [2.05, 4.69) is 16.0 Å². The zero-order chi connectivity index (χ0) is 23.6. The number of nitrogens with zero attached hydrogens (tertiary/aromatic N) is 1. The summed E-state index contributed by atoms with van der Waals surface area (Å²) in [6.45, 7) is 0.685. The molecule has 33 heavy (non-hydrogen) atoms. The summed E-state index contributed by atoms with van der Waals surface area (Å²) in [6.07, 6.45) is 0. The maximum Gasteiger partial charge on any atom is 0.325 e. The van der Waals surface area contributed by atoms with Gasteiger partial charge in [0.25, 0.3) is 5.91 Å². The predicted octanol–water partition coefficient (Wildman–Crippen LogP) is 2.50. The van der Waals surface area contributed by atoms with Gasteiger partial charge < -0.3 is 16.0 Å². The third-order valence-electron chi connectivity index (χ3n) is 5.48. The van der Waals surface area contributed by atoms with E-state index < -0.39 is 41.7 Å². The van der Waals surface area contributed by atoms with Crippen LogP contribution in [0.25, 0.3) is 10.8 Å². The number of nitrogens with one attached hydrogen (secondary N) is 3. The van der Waals surface area contributed by atoms with Crippen molar-refractivity contribution in [3.8, 4) is 0 Å². The number of urea groups is 1. The summed E-state index contributed by atoms with van der Waals surface area (Å²) < 4.78 is 12.9. The largest absolute Gasteiger partial charge is 0.345 e. The van der Waals surface area contributed by atoms with Gasteiger partial charge in [0.1, 0.15) is 17.9 Å². The Morgan fingerprint density at radius 2 is 1.67 bits per heavy atom. The predicted molar refractivity (Wildman–Crippen MR) is 120 cm³/mol. The second kappa shape index (κ2) is 8.70. The van der Waals surface area contributed by atoms with Gasteiger partial charge in [0, 0.05) is 5.69 Å². The fourth-order valence-electron chi connectivity index (χ4n) is 3.65. The highest BCUT2D eigenvalue weighted by molar-refractivity contribution is 6.09. The van der Waals surface area contributed by atoms with Gasteiger partial charge in [-0.2, -0.15) is 0 Å². The lowest BCUT2D eigenvalue weighted by Gasteiger charge is -2.22. The second-order valence-corrected chi connectivity index (χ2v) is 7.84. The van der Waals surface area contributed by atoms with Crippen LogP contribution in [-0.2, 0) is 19.9 Å². The van der Waals surface area contributed by atoms with Crippen molar-refractivity contribution in [2.75, 3.05) is 18.4 Å². The average molecular weight is 448 g/mol. The molecule has 8 nitrogen and oxygen atoms in total. The summed E-state index contributed by atoms with van der Waals surface area (Å²) in [5.74, 6) is -2.21. The molecule has 3 N–H and O–H groups in total. The molecule has 1 heterocycles. The van der Waals surface area contributed by atoms with Crippen LogP contribution in [0.1, 0.15) is 12.5 Å². The first-order chi connectivity index (χ1) is 15.8. The lowest BCUT2D eigenvalue weighted by atomic mass is 9.90. The molecule has 1 fully saturated rings. The molecule has 1 atom stereocenters. The van der Waals surface area contributed by atoms with Crippen molar-refractivity contribution >= 4 is 40.2 Å². The molecule has 3 aromatic rings. The van der Waals surface area contributed by atoms with Crippen LogP contribution in [0.15, 0.2) is 66.7 Å². The molecule has 0 radical (unpaired) electrons. The van der Waals surface area contributed by atoms with Gasteiger partial charge >= 0.3 is 6.03 Å². The number of benzene rings is 3. The molecular weight excluding hydrogens is 427 g/mol. The van der Waals surface area contributed by atoms with E-state index in [1.807, 2.05) is 36.4 Å². The third kappa shape index (κ3) is 4.52. The van der Waals surface area contributed by atoms with E-state index in [0.29, 0.717) is 11.3 Å². The summed E-state index contributed by atoms with van der Waals surface area (Å²) in [5, 5.41) is 9.46. The number of fused-ring (bicyclic) bond motifs is 1. The SMILES string of the molecule is C[C@@]1(c2ccc3ccccc3c2)NC(=O)N(CC(=O)NCC(=O)Nc2ccc(F)cc2)C1=O. The number of anilines is 1. The number of halogens is 1. The van der Waals surface area contributed by atoms with Gasteiger partial charge in [-0.15, -0.1) is 0 Å². The van der Waals surface area contributed by atoms with Crippen LogP contribution in [0.2, 0.25) is 0 Å². The fourth-order valence-corrected chi connectivity index (χ4v) is 3.65. The monoisotopic (exact) mass is 448 g/mol. The van der Waals surface area contributed by atoms with Gasteiger partial charge in [0.2, 0.25) is 11.8 Å². The van der Waals surface area contributed by atoms with E-state index in [-0.39, 0.29) is 6.54 Å². The van der Waals surface area contributed by atoms with E-state index in [1.165, 1.54) is 24.3 Å². The van der Waals surface area contributed by atoms with E-state index in [0.717, 1.165) is 15.7 Å². The first-order valence-electron chi connectivity index (χ1n) is 10.2. The van der Waals surface area contributed by atoms with E-state index in [4.69, 9.17) is 0 Å². The molecule has 9 heteroatoms. The molecule has 1 saturated heterocycles. The second-order valence-electron chi connectivity index (χ2n) is 7.84. The summed E-state index contributed by atoms with van der Waals surface area (Å²) in [7, 11) is 0. The number of hydrogen-bond acceptors (Lipinski definition) is 4. The van der Waals surface area contributed by atoms with Crippen LogP contribution in [0, 0.1) is 5.82 Å². The molecule has 0 spiro atoms. The van der Waals surface area contributed by atoms with Crippen molar-refractivity contribution in [2.24, 2.45) is 0 Å². The lowest BCUT2D eigenvalue weighted by Crippen LogP contribution is -2.44. The van der Waals surface area contributed by atoms with Crippen molar-refractivity contribution in [3.63, 3.8) is 0 Å². The molecule has 5 amide bonds. The average Bonchev–Trinajstić information content (AvgIpc) is 3.02. The van der Waals surface area contributed by atoms with Gasteiger partial charge in [-0.05, 0) is 53.6 Å². The molecule has 3 aromatic carbocycles. The molecule has 0 aliphatic carbocycles. The van der Waals surface area contributed by atoms with Gasteiger partial charge in [-0.25, -0.2) is 9.18 Å². The normalized spacial score (nSPS) is 17.7. The summed E-state index contributed by atoms with van der Waals surface area (Å²) in [5.41, 5.74) is -0.349. The number of imide groups is 1. The molecule has 1 aliphatic rings. The minimum Gasteiger partial charge on any atom is -0.345 e. The Bertz CT molecular complexity index is 1260. The molecule has 4 rings (SSSR count). The standard InChI is InChI=1S/C24H21FN4O4/c1-24(17-7-6-15-4-2-3-5-16(15)12-17)22(32)29(23(33)28-24)14-21(31)26-13-20(30)27-19-10-8-18(25)9-11-19/h2-12H,13-14H2,1H3,(H,26,31)(H,27,30)(H,28,33)/t24-/m0/s1. The number of amides is 5. The Labute approximate surface area is 188 Å². The topological polar surface area (TPSA) is 108 Å². The molecule has 0 unspecified atom stereocenters. The summed E-state index contributed by atoms with van der Waals surface area (Å²) in [6, 6.07) is 17.6. The first-order valence-corrected chi connectivity index (χ1v) is 10.2. The number of carbonyl (C=O) groups is 4. The van der Waals surface area contributed by atoms with Crippen LogP contribution in [0.5, 0.6) is 0 Å². The van der Waals surface area contributed by atoms with Crippen LogP contribution in [-0.4, -0.2) is 41.7 Å². The van der Waals surface area contributed by atoms with Crippen molar-refractivity contribution in [1.29, 1.82) is 0 Å². The zero-order valence-electron chi connectivity index (χ0n) is 17.7. The molecule has 0 aromatic heterocycles. The van der Waals surface area contributed by atoms with Gasteiger partial charge in [-0.1, -0.05) is 36.4 Å². The Kier molecular flexibility index (Phi) is 5.78. The van der Waals surface area contributed by atoms with Gasteiger partial charge in [0.15, 0.2) is 0 Å². The fraction of sp³-hybridized carbons (Fsp3) is 0.167. The zero-order valence-corrected chi connectivity index (χ0v) is 17.7. The maximum absolute atomic E-state index is 13.1. The van der Waals surface area contributed by atoms with E-state index in [1.54, 1.807) is 13.0 Å². The van der Waals surface area contributed by atoms with Crippen LogP contribution in [0.4, 0.5) is 14.9 Å². The van der Waals surface area contributed by atoms with E-state index >= 15 is 0 Å². The Hall–Kier alpha value is -4.27.